The monoisotopic (exact) mass is 359 g/mol. The SMILES string of the molecule is CC(O)c1cncc2c(=O)cc(NC3=CCCC=C3)n(-c3ccccc3)c12. The molecule has 5 heteroatoms. The summed E-state index contributed by atoms with van der Waals surface area (Å²) in [6.45, 7) is 1.68. The van der Waals surface area contributed by atoms with Crippen molar-refractivity contribution in [3.63, 3.8) is 0 Å². The van der Waals surface area contributed by atoms with Crippen LogP contribution in [-0.4, -0.2) is 14.7 Å². The van der Waals surface area contributed by atoms with Crippen LogP contribution in [0.2, 0.25) is 0 Å². The summed E-state index contributed by atoms with van der Waals surface area (Å²) in [5, 5.41) is 14.2. The fraction of sp³-hybridized carbons (Fsp3) is 0.182. The molecule has 1 aromatic carbocycles. The van der Waals surface area contributed by atoms with Crippen LogP contribution in [0.3, 0.4) is 0 Å². The Bertz CT molecular complexity index is 1100. The molecule has 0 amide bonds. The summed E-state index contributed by atoms with van der Waals surface area (Å²) in [4.78, 5) is 16.9. The molecule has 0 fully saturated rings. The van der Waals surface area contributed by atoms with Gasteiger partial charge < -0.3 is 10.4 Å². The summed E-state index contributed by atoms with van der Waals surface area (Å²) in [6.07, 6.45) is 10.7. The van der Waals surface area contributed by atoms with Crippen molar-refractivity contribution >= 4 is 16.7 Å². The number of anilines is 1. The van der Waals surface area contributed by atoms with Crippen LogP contribution in [-0.2, 0) is 0 Å². The lowest BCUT2D eigenvalue weighted by Crippen LogP contribution is -2.16. The Morgan fingerprint density at radius 2 is 2.00 bits per heavy atom. The van der Waals surface area contributed by atoms with Gasteiger partial charge in [0.1, 0.15) is 5.82 Å². The molecule has 1 aliphatic rings. The highest BCUT2D eigenvalue weighted by Gasteiger charge is 2.17. The van der Waals surface area contributed by atoms with Crippen LogP contribution in [0.25, 0.3) is 16.6 Å². The molecule has 2 aromatic heterocycles. The van der Waals surface area contributed by atoms with E-state index in [1.165, 1.54) is 0 Å². The van der Waals surface area contributed by atoms with Crippen molar-refractivity contribution in [3.8, 4) is 5.69 Å². The minimum atomic E-state index is -0.750. The number of hydrogen-bond donors (Lipinski definition) is 2. The van der Waals surface area contributed by atoms with E-state index < -0.39 is 6.10 Å². The summed E-state index contributed by atoms with van der Waals surface area (Å²) in [5.41, 5.74) is 3.01. The van der Waals surface area contributed by atoms with Crippen molar-refractivity contribution in [1.82, 2.24) is 9.55 Å². The van der Waals surface area contributed by atoms with Crippen molar-refractivity contribution in [1.29, 1.82) is 0 Å². The number of nitrogens with one attached hydrogen (secondary N) is 1. The van der Waals surface area contributed by atoms with E-state index in [4.69, 9.17) is 0 Å². The molecule has 0 saturated heterocycles. The highest BCUT2D eigenvalue weighted by atomic mass is 16.3. The second kappa shape index (κ2) is 7.21. The van der Waals surface area contributed by atoms with E-state index in [1.54, 1.807) is 25.4 Å². The molecular formula is C22H21N3O2. The van der Waals surface area contributed by atoms with Gasteiger partial charge in [0.2, 0.25) is 0 Å². The molecule has 1 unspecified atom stereocenters. The molecule has 5 nitrogen and oxygen atoms in total. The van der Waals surface area contributed by atoms with E-state index in [2.05, 4.69) is 22.5 Å². The molecule has 136 valence electrons. The zero-order valence-corrected chi connectivity index (χ0v) is 15.1. The lowest BCUT2D eigenvalue weighted by molar-refractivity contribution is 0.200. The lowest BCUT2D eigenvalue weighted by Gasteiger charge is -2.21. The van der Waals surface area contributed by atoms with Gasteiger partial charge in [0.05, 0.1) is 17.0 Å². The standard InChI is InChI=1S/C22H21N3O2/c1-15(26)18-13-23-14-19-20(27)12-21(24-16-8-4-2-5-9-16)25(22(18)19)17-10-6-3-7-11-17/h3-4,6-15,24,26H,2,5H2,1H3. The largest absolute Gasteiger partial charge is 0.389 e. The van der Waals surface area contributed by atoms with Gasteiger partial charge >= 0.3 is 0 Å². The molecule has 2 N–H and O–H groups in total. The number of pyridine rings is 2. The molecule has 0 saturated carbocycles. The first-order valence-electron chi connectivity index (χ1n) is 9.06. The van der Waals surface area contributed by atoms with E-state index in [9.17, 15) is 9.90 Å². The predicted octanol–water partition coefficient (Wildman–Crippen LogP) is 4.08. The minimum Gasteiger partial charge on any atom is -0.389 e. The number of aliphatic hydroxyl groups excluding tert-OH is 1. The molecule has 27 heavy (non-hydrogen) atoms. The lowest BCUT2D eigenvalue weighted by atomic mass is 10.1. The van der Waals surface area contributed by atoms with E-state index >= 15 is 0 Å². The van der Waals surface area contributed by atoms with Crippen molar-refractivity contribution in [3.05, 3.63) is 88.5 Å². The Balaban J connectivity index is 2.05. The number of hydrogen-bond acceptors (Lipinski definition) is 4. The van der Waals surface area contributed by atoms with Gasteiger partial charge in [0, 0.05) is 35.4 Å². The molecular weight excluding hydrogens is 338 g/mol. The maximum Gasteiger partial charge on any atom is 0.193 e. The fourth-order valence-corrected chi connectivity index (χ4v) is 3.38. The zero-order valence-electron chi connectivity index (χ0n) is 15.1. The van der Waals surface area contributed by atoms with E-state index in [0.717, 1.165) is 24.2 Å². The highest BCUT2D eigenvalue weighted by Crippen LogP contribution is 2.28. The smallest absolute Gasteiger partial charge is 0.193 e. The Labute approximate surface area is 157 Å². The van der Waals surface area contributed by atoms with Crippen molar-refractivity contribution < 1.29 is 5.11 Å². The Kier molecular flexibility index (Phi) is 4.60. The van der Waals surface area contributed by atoms with Crippen molar-refractivity contribution in [2.45, 2.75) is 25.9 Å². The number of rotatable bonds is 4. The predicted molar refractivity (Wildman–Crippen MR) is 108 cm³/mol. The highest BCUT2D eigenvalue weighted by molar-refractivity contribution is 5.86. The van der Waals surface area contributed by atoms with Crippen LogP contribution >= 0.6 is 0 Å². The van der Waals surface area contributed by atoms with Gasteiger partial charge in [0.15, 0.2) is 5.43 Å². The minimum absolute atomic E-state index is 0.130. The summed E-state index contributed by atoms with van der Waals surface area (Å²) in [7, 11) is 0. The fourth-order valence-electron chi connectivity index (χ4n) is 3.38. The second-order valence-electron chi connectivity index (χ2n) is 6.63. The first-order chi connectivity index (χ1) is 13.1. The molecule has 1 aliphatic carbocycles. The number of benzene rings is 1. The van der Waals surface area contributed by atoms with Crippen LogP contribution in [0.1, 0.15) is 31.4 Å². The average molecular weight is 359 g/mol. The Hall–Kier alpha value is -3.18. The van der Waals surface area contributed by atoms with Gasteiger partial charge in [-0.2, -0.15) is 0 Å². The number of fused-ring (bicyclic) bond motifs is 1. The van der Waals surface area contributed by atoms with Crippen molar-refractivity contribution in [2.24, 2.45) is 0 Å². The third-order valence-corrected chi connectivity index (χ3v) is 4.68. The Morgan fingerprint density at radius 3 is 2.70 bits per heavy atom. The quantitative estimate of drug-likeness (QED) is 0.736. The average Bonchev–Trinajstić information content (AvgIpc) is 2.69. The summed E-state index contributed by atoms with van der Waals surface area (Å²) >= 11 is 0. The van der Waals surface area contributed by atoms with Gasteiger partial charge in [-0.05, 0) is 38.0 Å². The molecule has 4 rings (SSSR count). The summed E-state index contributed by atoms with van der Waals surface area (Å²) in [6, 6.07) is 11.4. The van der Waals surface area contributed by atoms with Gasteiger partial charge in [-0.25, -0.2) is 0 Å². The van der Waals surface area contributed by atoms with Crippen molar-refractivity contribution in [2.75, 3.05) is 5.32 Å². The second-order valence-corrected chi connectivity index (χ2v) is 6.63. The third kappa shape index (κ3) is 3.29. The molecule has 1 atom stereocenters. The van der Waals surface area contributed by atoms with Crippen LogP contribution in [0, 0.1) is 0 Å². The maximum atomic E-state index is 12.8. The normalized spacial score (nSPS) is 14.8. The third-order valence-electron chi connectivity index (χ3n) is 4.68. The topological polar surface area (TPSA) is 67.2 Å². The molecule has 2 heterocycles. The van der Waals surface area contributed by atoms with Crippen LogP contribution in [0.5, 0.6) is 0 Å². The van der Waals surface area contributed by atoms with E-state index in [-0.39, 0.29) is 5.43 Å². The zero-order chi connectivity index (χ0) is 18.8. The number of para-hydroxylation sites is 1. The molecule has 0 spiro atoms. The number of nitrogens with zero attached hydrogens (tertiary/aromatic N) is 2. The van der Waals surface area contributed by atoms with Gasteiger partial charge in [0.25, 0.3) is 0 Å². The van der Waals surface area contributed by atoms with Crippen LogP contribution in [0.4, 0.5) is 5.82 Å². The van der Waals surface area contributed by atoms with Gasteiger partial charge in [-0.3, -0.25) is 14.3 Å². The summed E-state index contributed by atoms with van der Waals surface area (Å²) in [5.74, 6) is 0.657. The summed E-state index contributed by atoms with van der Waals surface area (Å²) < 4.78 is 1.98. The number of aromatic nitrogens is 2. The van der Waals surface area contributed by atoms with Gasteiger partial charge in [-0.15, -0.1) is 0 Å². The first kappa shape index (κ1) is 17.2. The molecule has 0 aliphatic heterocycles. The van der Waals surface area contributed by atoms with E-state index in [0.29, 0.717) is 22.3 Å². The number of allylic oxidation sites excluding steroid dienone is 3. The molecule has 0 radical (unpaired) electrons. The number of aliphatic hydroxyl groups is 1. The Morgan fingerprint density at radius 1 is 1.19 bits per heavy atom. The van der Waals surface area contributed by atoms with Gasteiger partial charge in [-0.1, -0.05) is 30.4 Å². The molecule has 3 aromatic rings. The first-order valence-corrected chi connectivity index (χ1v) is 9.06. The van der Waals surface area contributed by atoms with Crippen LogP contribution in [0.15, 0.2) is 77.5 Å². The molecule has 0 bridgehead atoms. The van der Waals surface area contributed by atoms with E-state index in [1.807, 2.05) is 41.0 Å². The van der Waals surface area contributed by atoms with Crippen LogP contribution < -0.4 is 10.7 Å². The maximum absolute atomic E-state index is 12.8.